The van der Waals surface area contributed by atoms with Crippen LogP contribution in [0.1, 0.15) is 44.6 Å². The lowest BCUT2D eigenvalue weighted by molar-refractivity contribution is -0.132. The summed E-state index contributed by atoms with van der Waals surface area (Å²) in [4.78, 5) is 24.6. The van der Waals surface area contributed by atoms with Crippen molar-refractivity contribution in [2.24, 2.45) is 5.10 Å². The first-order chi connectivity index (χ1) is 11.1. The quantitative estimate of drug-likeness (QED) is 0.686. The maximum absolute atomic E-state index is 12.6. The largest absolute Gasteiger partial charge is 0.494 e. The molecule has 2 fully saturated rings. The number of hydrazone groups is 1. The number of ether oxygens (including phenoxy) is 1. The third kappa shape index (κ3) is 3.06. The Bertz CT molecular complexity index is 618. The summed E-state index contributed by atoms with van der Waals surface area (Å²) in [6.45, 7) is 2.53. The number of imide groups is 1. The summed E-state index contributed by atoms with van der Waals surface area (Å²) < 4.78 is 5.37. The average Bonchev–Trinajstić information content (AvgIpc) is 2.78. The second kappa shape index (κ2) is 6.40. The van der Waals surface area contributed by atoms with E-state index in [2.05, 4.69) is 10.4 Å². The minimum Gasteiger partial charge on any atom is -0.494 e. The molecular formula is C17H21N3O3. The van der Waals surface area contributed by atoms with Gasteiger partial charge in [-0.1, -0.05) is 19.3 Å². The van der Waals surface area contributed by atoms with Crippen LogP contribution in [0.4, 0.5) is 4.79 Å². The van der Waals surface area contributed by atoms with Gasteiger partial charge >= 0.3 is 6.03 Å². The SMILES string of the molecule is CCOc1ccc(C=NN2C(=O)NC3(CCCCC3)C2=O)cc1. The molecule has 0 unspecified atom stereocenters. The zero-order valence-electron chi connectivity index (χ0n) is 13.2. The number of nitrogens with zero attached hydrogens (tertiary/aromatic N) is 2. The lowest BCUT2D eigenvalue weighted by Gasteiger charge is -2.29. The highest BCUT2D eigenvalue weighted by atomic mass is 16.5. The highest BCUT2D eigenvalue weighted by Gasteiger charge is 2.51. The van der Waals surface area contributed by atoms with Crippen LogP contribution in [0, 0.1) is 0 Å². The molecule has 1 aromatic rings. The Hall–Kier alpha value is -2.37. The van der Waals surface area contributed by atoms with Crippen molar-refractivity contribution < 1.29 is 14.3 Å². The van der Waals surface area contributed by atoms with Gasteiger partial charge in [0.05, 0.1) is 12.8 Å². The van der Waals surface area contributed by atoms with Crippen molar-refractivity contribution in [3.8, 4) is 5.75 Å². The zero-order valence-corrected chi connectivity index (χ0v) is 13.2. The first-order valence-corrected chi connectivity index (χ1v) is 8.08. The van der Waals surface area contributed by atoms with Crippen molar-refractivity contribution >= 4 is 18.2 Å². The van der Waals surface area contributed by atoms with E-state index in [-0.39, 0.29) is 5.91 Å². The zero-order chi connectivity index (χ0) is 16.3. The fraction of sp³-hybridized carbons (Fsp3) is 0.471. The van der Waals surface area contributed by atoms with Crippen molar-refractivity contribution in [1.29, 1.82) is 0 Å². The molecule has 2 aliphatic rings. The molecule has 0 bridgehead atoms. The molecule has 1 saturated carbocycles. The van der Waals surface area contributed by atoms with Gasteiger partial charge in [-0.3, -0.25) is 4.79 Å². The van der Waals surface area contributed by atoms with Gasteiger partial charge in [0.25, 0.3) is 5.91 Å². The molecule has 0 atom stereocenters. The minimum atomic E-state index is -0.731. The molecule has 1 aliphatic heterocycles. The Balaban J connectivity index is 1.71. The lowest BCUT2D eigenvalue weighted by atomic mass is 9.82. The summed E-state index contributed by atoms with van der Waals surface area (Å²) in [6.07, 6.45) is 5.96. The van der Waals surface area contributed by atoms with E-state index in [0.717, 1.165) is 35.6 Å². The fourth-order valence-electron chi connectivity index (χ4n) is 3.15. The van der Waals surface area contributed by atoms with Crippen LogP contribution in [-0.4, -0.2) is 35.3 Å². The summed E-state index contributed by atoms with van der Waals surface area (Å²) >= 11 is 0. The monoisotopic (exact) mass is 315 g/mol. The van der Waals surface area contributed by atoms with Crippen LogP contribution in [0.5, 0.6) is 5.75 Å². The fourth-order valence-corrected chi connectivity index (χ4v) is 3.15. The van der Waals surface area contributed by atoms with Gasteiger partial charge in [-0.05, 0) is 49.6 Å². The molecule has 3 rings (SSSR count). The smallest absolute Gasteiger partial charge is 0.346 e. The molecule has 1 N–H and O–H groups in total. The maximum atomic E-state index is 12.6. The van der Waals surface area contributed by atoms with Crippen molar-refractivity contribution in [3.63, 3.8) is 0 Å². The molecule has 23 heavy (non-hydrogen) atoms. The third-order valence-electron chi connectivity index (χ3n) is 4.36. The van der Waals surface area contributed by atoms with E-state index in [0.29, 0.717) is 19.4 Å². The van der Waals surface area contributed by atoms with Gasteiger partial charge in [-0.25, -0.2) is 4.79 Å². The van der Waals surface area contributed by atoms with Crippen LogP contribution in [0.3, 0.4) is 0 Å². The molecule has 6 heteroatoms. The number of carbonyl (C=O) groups excluding carboxylic acids is 2. The molecule has 1 heterocycles. The second-order valence-electron chi connectivity index (χ2n) is 5.94. The first-order valence-electron chi connectivity index (χ1n) is 8.08. The standard InChI is InChI=1S/C17H21N3O3/c1-2-23-14-8-6-13(7-9-14)12-18-20-15(21)17(19-16(20)22)10-4-3-5-11-17/h6-9,12H,2-5,10-11H2,1H3,(H,19,22). The summed E-state index contributed by atoms with van der Waals surface area (Å²) in [5.74, 6) is 0.546. The van der Waals surface area contributed by atoms with Crippen LogP contribution in [0.25, 0.3) is 0 Å². The highest BCUT2D eigenvalue weighted by Crippen LogP contribution is 2.33. The Morgan fingerprint density at radius 3 is 2.57 bits per heavy atom. The molecule has 6 nitrogen and oxygen atoms in total. The molecule has 1 aromatic carbocycles. The van der Waals surface area contributed by atoms with Crippen LogP contribution in [-0.2, 0) is 4.79 Å². The number of amides is 3. The topological polar surface area (TPSA) is 71.0 Å². The summed E-state index contributed by atoms with van der Waals surface area (Å²) in [6, 6.07) is 6.91. The van der Waals surface area contributed by atoms with Gasteiger partial charge in [0, 0.05) is 0 Å². The molecular weight excluding hydrogens is 294 g/mol. The van der Waals surface area contributed by atoms with E-state index in [1.165, 1.54) is 6.21 Å². The third-order valence-corrected chi connectivity index (χ3v) is 4.36. The first kappa shape index (κ1) is 15.5. The van der Waals surface area contributed by atoms with E-state index in [9.17, 15) is 9.59 Å². The van der Waals surface area contributed by atoms with Crippen LogP contribution in [0.15, 0.2) is 29.4 Å². The van der Waals surface area contributed by atoms with E-state index < -0.39 is 11.6 Å². The van der Waals surface area contributed by atoms with E-state index in [1.54, 1.807) is 0 Å². The Morgan fingerprint density at radius 1 is 1.22 bits per heavy atom. The summed E-state index contributed by atoms with van der Waals surface area (Å²) in [5.41, 5.74) is 0.0736. The van der Waals surface area contributed by atoms with E-state index >= 15 is 0 Å². The highest BCUT2D eigenvalue weighted by molar-refractivity contribution is 6.07. The number of rotatable bonds is 4. The van der Waals surface area contributed by atoms with Crippen molar-refractivity contribution in [2.75, 3.05) is 6.61 Å². The summed E-state index contributed by atoms with van der Waals surface area (Å²) in [7, 11) is 0. The number of hydrogen-bond acceptors (Lipinski definition) is 4. The van der Waals surface area contributed by atoms with Gasteiger partial charge < -0.3 is 10.1 Å². The lowest BCUT2D eigenvalue weighted by Crippen LogP contribution is -2.48. The Labute approximate surface area is 135 Å². The molecule has 0 aromatic heterocycles. The molecule has 1 saturated heterocycles. The molecule has 3 amide bonds. The van der Waals surface area contributed by atoms with Crippen LogP contribution in [0.2, 0.25) is 0 Å². The van der Waals surface area contributed by atoms with Crippen molar-refractivity contribution in [1.82, 2.24) is 10.3 Å². The Morgan fingerprint density at radius 2 is 1.91 bits per heavy atom. The minimum absolute atomic E-state index is 0.232. The van der Waals surface area contributed by atoms with Gasteiger partial charge in [-0.2, -0.15) is 5.10 Å². The number of carbonyl (C=O) groups is 2. The number of benzene rings is 1. The second-order valence-corrected chi connectivity index (χ2v) is 5.94. The predicted octanol–water partition coefficient (Wildman–Crippen LogP) is 2.67. The van der Waals surface area contributed by atoms with Gasteiger partial charge in [0.2, 0.25) is 0 Å². The Kier molecular flexibility index (Phi) is 4.32. The van der Waals surface area contributed by atoms with Crippen molar-refractivity contribution in [3.05, 3.63) is 29.8 Å². The maximum Gasteiger partial charge on any atom is 0.346 e. The van der Waals surface area contributed by atoms with E-state index in [4.69, 9.17) is 4.74 Å². The summed E-state index contributed by atoms with van der Waals surface area (Å²) in [5, 5.41) is 7.88. The van der Waals surface area contributed by atoms with Gasteiger partial charge in [0.1, 0.15) is 11.3 Å². The van der Waals surface area contributed by atoms with Crippen LogP contribution >= 0.6 is 0 Å². The number of hydrogen-bond donors (Lipinski definition) is 1. The van der Waals surface area contributed by atoms with Crippen molar-refractivity contribution in [2.45, 2.75) is 44.6 Å². The van der Waals surface area contributed by atoms with Crippen LogP contribution < -0.4 is 10.1 Å². The molecule has 1 aliphatic carbocycles. The molecule has 0 radical (unpaired) electrons. The normalized spacial score (nSPS) is 20.3. The van der Waals surface area contributed by atoms with Gasteiger partial charge in [0.15, 0.2) is 0 Å². The molecule has 1 spiro atoms. The average molecular weight is 315 g/mol. The van der Waals surface area contributed by atoms with Gasteiger partial charge in [-0.15, -0.1) is 5.01 Å². The number of nitrogens with one attached hydrogen (secondary N) is 1. The van der Waals surface area contributed by atoms with E-state index in [1.807, 2.05) is 31.2 Å². The molecule has 122 valence electrons. The predicted molar refractivity (Wildman–Crippen MR) is 86.4 cm³/mol. The number of urea groups is 1.